The Bertz CT molecular complexity index is 601. The average Bonchev–Trinajstić information content (AvgIpc) is 2.54. The van der Waals surface area contributed by atoms with Gasteiger partial charge in [0, 0.05) is 6.54 Å². The highest BCUT2D eigenvalue weighted by molar-refractivity contribution is 5.75. The van der Waals surface area contributed by atoms with E-state index in [1.165, 1.54) is 38.9 Å². The maximum atomic E-state index is 5.83. The zero-order chi connectivity index (χ0) is 15.4. The summed E-state index contributed by atoms with van der Waals surface area (Å²) in [5, 5.41) is 0. The van der Waals surface area contributed by atoms with Crippen LogP contribution in [-0.2, 0) is 25.8 Å². The van der Waals surface area contributed by atoms with Crippen LogP contribution < -0.4 is 5.73 Å². The van der Waals surface area contributed by atoms with Crippen molar-refractivity contribution in [3.8, 4) is 11.1 Å². The minimum atomic E-state index is 0.600. The predicted molar refractivity (Wildman–Crippen MR) is 92.6 cm³/mol. The highest BCUT2D eigenvalue weighted by Gasteiger charge is 2.13. The van der Waals surface area contributed by atoms with Crippen molar-refractivity contribution in [2.75, 3.05) is 0 Å². The third-order valence-corrected chi connectivity index (χ3v) is 4.34. The Morgan fingerprint density at radius 1 is 0.810 bits per heavy atom. The van der Waals surface area contributed by atoms with Gasteiger partial charge in [-0.3, -0.25) is 0 Å². The van der Waals surface area contributed by atoms with Crippen molar-refractivity contribution < 1.29 is 0 Å². The van der Waals surface area contributed by atoms with E-state index >= 15 is 0 Å². The molecule has 2 rings (SSSR count). The molecule has 0 atom stereocenters. The summed E-state index contributed by atoms with van der Waals surface area (Å²) in [5.41, 5.74) is 15.5. The second-order valence-electron chi connectivity index (χ2n) is 5.70. The Hall–Kier alpha value is -1.60. The van der Waals surface area contributed by atoms with Gasteiger partial charge < -0.3 is 5.73 Å². The molecule has 0 aliphatic carbocycles. The van der Waals surface area contributed by atoms with Crippen LogP contribution in [0.15, 0.2) is 30.3 Å². The van der Waals surface area contributed by atoms with Crippen LogP contribution in [0.2, 0.25) is 0 Å². The van der Waals surface area contributed by atoms with Gasteiger partial charge in [-0.25, -0.2) is 0 Å². The Kier molecular flexibility index (Phi) is 5.19. The van der Waals surface area contributed by atoms with Gasteiger partial charge in [0.2, 0.25) is 0 Å². The summed E-state index contributed by atoms with van der Waals surface area (Å²) in [4.78, 5) is 0. The van der Waals surface area contributed by atoms with Crippen molar-refractivity contribution in [1.29, 1.82) is 0 Å². The van der Waals surface area contributed by atoms with Gasteiger partial charge in [0.25, 0.3) is 0 Å². The third-order valence-electron chi connectivity index (χ3n) is 4.34. The van der Waals surface area contributed by atoms with Crippen molar-refractivity contribution in [3.05, 3.63) is 58.1 Å². The molecule has 0 aromatic heterocycles. The largest absolute Gasteiger partial charge is 0.326 e. The number of benzene rings is 2. The van der Waals surface area contributed by atoms with E-state index in [2.05, 4.69) is 58.0 Å². The molecule has 0 saturated heterocycles. The highest BCUT2D eigenvalue weighted by Crippen LogP contribution is 2.33. The summed E-state index contributed by atoms with van der Waals surface area (Å²) in [6.07, 6.45) is 3.24. The molecule has 0 spiro atoms. The fraction of sp³-hybridized carbons (Fsp3) is 0.400. The van der Waals surface area contributed by atoms with Crippen LogP contribution in [0.25, 0.3) is 11.1 Å². The van der Waals surface area contributed by atoms with Crippen LogP contribution in [0.5, 0.6) is 0 Å². The second kappa shape index (κ2) is 6.91. The Balaban J connectivity index is 2.72. The van der Waals surface area contributed by atoms with Gasteiger partial charge in [0.15, 0.2) is 0 Å². The van der Waals surface area contributed by atoms with E-state index in [-0.39, 0.29) is 0 Å². The lowest BCUT2D eigenvalue weighted by molar-refractivity contribution is 1.04. The van der Waals surface area contributed by atoms with Crippen LogP contribution in [0.3, 0.4) is 0 Å². The zero-order valence-electron chi connectivity index (χ0n) is 13.8. The van der Waals surface area contributed by atoms with Crippen LogP contribution in [0.4, 0.5) is 0 Å². The lowest BCUT2D eigenvalue weighted by atomic mass is 9.87. The Morgan fingerprint density at radius 2 is 1.43 bits per heavy atom. The molecule has 0 bridgehead atoms. The SMILES string of the molecule is CCc1cc(CC)c(-c2cc(CN)ccc2C)c(CC)c1. The van der Waals surface area contributed by atoms with E-state index in [0.717, 1.165) is 19.3 Å². The minimum Gasteiger partial charge on any atom is -0.326 e. The highest BCUT2D eigenvalue weighted by atomic mass is 14.5. The fourth-order valence-corrected chi connectivity index (χ4v) is 3.01. The van der Waals surface area contributed by atoms with Crippen LogP contribution >= 0.6 is 0 Å². The number of hydrogen-bond donors (Lipinski definition) is 1. The van der Waals surface area contributed by atoms with Crippen molar-refractivity contribution in [3.63, 3.8) is 0 Å². The monoisotopic (exact) mass is 281 g/mol. The Labute approximate surface area is 129 Å². The first-order valence-corrected chi connectivity index (χ1v) is 8.09. The van der Waals surface area contributed by atoms with E-state index in [0.29, 0.717) is 6.54 Å². The van der Waals surface area contributed by atoms with E-state index < -0.39 is 0 Å². The van der Waals surface area contributed by atoms with E-state index in [1.807, 2.05) is 0 Å². The molecule has 2 aromatic carbocycles. The van der Waals surface area contributed by atoms with Gasteiger partial charge >= 0.3 is 0 Å². The lowest BCUT2D eigenvalue weighted by Gasteiger charge is -2.18. The summed E-state index contributed by atoms with van der Waals surface area (Å²) in [5.74, 6) is 0. The molecule has 21 heavy (non-hydrogen) atoms. The molecule has 0 radical (unpaired) electrons. The number of nitrogens with two attached hydrogens (primary N) is 1. The number of aryl methyl sites for hydroxylation is 4. The van der Waals surface area contributed by atoms with Crippen molar-refractivity contribution in [1.82, 2.24) is 0 Å². The van der Waals surface area contributed by atoms with E-state index in [1.54, 1.807) is 0 Å². The molecule has 0 fully saturated rings. The van der Waals surface area contributed by atoms with Crippen molar-refractivity contribution >= 4 is 0 Å². The zero-order valence-corrected chi connectivity index (χ0v) is 13.8. The molecule has 0 amide bonds. The molecule has 0 unspecified atom stereocenters. The fourth-order valence-electron chi connectivity index (χ4n) is 3.01. The molecule has 2 N–H and O–H groups in total. The number of rotatable bonds is 5. The van der Waals surface area contributed by atoms with Crippen LogP contribution in [-0.4, -0.2) is 0 Å². The maximum Gasteiger partial charge on any atom is 0.0178 e. The molecule has 0 heterocycles. The second-order valence-corrected chi connectivity index (χ2v) is 5.70. The molecule has 0 aliphatic rings. The Morgan fingerprint density at radius 3 is 1.90 bits per heavy atom. The smallest absolute Gasteiger partial charge is 0.0178 e. The van der Waals surface area contributed by atoms with Gasteiger partial charge in [-0.2, -0.15) is 0 Å². The molecule has 2 aromatic rings. The molecule has 1 heteroatoms. The van der Waals surface area contributed by atoms with Gasteiger partial charge in [0.1, 0.15) is 0 Å². The normalized spacial score (nSPS) is 10.9. The van der Waals surface area contributed by atoms with Crippen molar-refractivity contribution in [2.45, 2.75) is 53.5 Å². The van der Waals surface area contributed by atoms with Crippen LogP contribution in [0.1, 0.15) is 48.6 Å². The summed E-state index contributed by atoms with van der Waals surface area (Å²) in [7, 11) is 0. The first-order chi connectivity index (χ1) is 10.1. The van der Waals surface area contributed by atoms with E-state index in [9.17, 15) is 0 Å². The molecular formula is C20H27N. The molecule has 1 nitrogen and oxygen atoms in total. The number of hydrogen-bond acceptors (Lipinski definition) is 1. The first-order valence-electron chi connectivity index (χ1n) is 8.09. The molecule has 0 aliphatic heterocycles. The summed E-state index contributed by atoms with van der Waals surface area (Å²) < 4.78 is 0. The summed E-state index contributed by atoms with van der Waals surface area (Å²) in [6, 6.07) is 11.4. The van der Waals surface area contributed by atoms with Crippen molar-refractivity contribution in [2.24, 2.45) is 5.73 Å². The minimum absolute atomic E-state index is 0.600. The summed E-state index contributed by atoms with van der Waals surface area (Å²) in [6.45, 7) is 9.53. The van der Waals surface area contributed by atoms with E-state index in [4.69, 9.17) is 5.73 Å². The quantitative estimate of drug-likeness (QED) is 0.836. The average molecular weight is 281 g/mol. The first kappa shape index (κ1) is 15.8. The lowest BCUT2D eigenvalue weighted by Crippen LogP contribution is -2.01. The van der Waals surface area contributed by atoms with Gasteiger partial charge in [-0.15, -0.1) is 0 Å². The third kappa shape index (κ3) is 3.19. The molecule has 0 saturated carbocycles. The van der Waals surface area contributed by atoms with Crippen LogP contribution in [0, 0.1) is 6.92 Å². The summed E-state index contributed by atoms with van der Waals surface area (Å²) >= 11 is 0. The molecular weight excluding hydrogens is 254 g/mol. The standard InChI is InChI=1S/C20H27N/c1-5-15-10-17(6-2)20(18(7-3)11-15)19-12-16(13-21)9-8-14(19)4/h8-12H,5-7,13,21H2,1-4H3. The van der Waals surface area contributed by atoms with Gasteiger partial charge in [-0.1, -0.05) is 45.0 Å². The van der Waals surface area contributed by atoms with Gasteiger partial charge in [0.05, 0.1) is 0 Å². The van der Waals surface area contributed by atoms with Gasteiger partial charge in [-0.05, 0) is 71.2 Å². The predicted octanol–water partition coefficient (Wildman–Crippen LogP) is 4.81. The molecule has 112 valence electrons. The maximum absolute atomic E-state index is 5.83. The topological polar surface area (TPSA) is 26.0 Å².